The van der Waals surface area contributed by atoms with Crippen molar-refractivity contribution in [1.82, 2.24) is 4.98 Å². The zero-order valence-corrected chi connectivity index (χ0v) is 15.3. The molecule has 1 amide bonds. The molecule has 1 heterocycles. The van der Waals surface area contributed by atoms with Gasteiger partial charge in [-0.05, 0) is 49.1 Å². The van der Waals surface area contributed by atoms with Crippen LogP contribution in [0.15, 0.2) is 60.9 Å². The fourth-order valence-corrected chi connectivity index (χ4v) is 2.89. The van der Waals surface area contributed by atoms with Gasteiger partial charge >= 0.3 is 0 Å². The number of rotatable bonds is 5. The number of hydrogen-bond acceptors (Lipinski definition) is 3. The summed E-state index contributed by atoms with van der Waals surface area (Å²) in [6, 6.07) is 15.8. The molecule has 0 radical (unpaired) electrons. The third kappa shape index (κ3) is 3.91. The second-order valence-corrected chi connectivity index (χ2v) is 6.32. The Hall–Kier alpha value is -3.14. The summed E-state index contributed by atoms with van der Waals surface area (Å²) in [5.41, 5.74) is 6.63. The molecular weight excluding hydrogens is 322 g/mol. The molecule has 132 valence electrons. The van der Waals surface area contributed by atoms with E-state index in [0.717, 1.165) is 29.0 Å². The number of aromatic nitrogens is 1. The lowest BCUT2D eigenvalue weighted by molar-refractivity contribution is 0.102. The Kier molecular flexibility index (Phi) is 5.32. The van der Waals surface area contributed by atoms with Gasteiger partial charge in [-0.25, -0.2) is 0 Å². The van der Waals surface area contributed by atoms with Crippen LogP contribution in [0.5, 0.6) is 0 Å². The monoisotopic (exact) mass is 345 g/mol. The third-order valence-electron chi connectivity index (χ3n) is 4.40. The van der Waals surface area contributed by atoms with Crippen LogP contribution in [0.25, 0.3) is 0 Å². The fourth-order valence-electron chi connectivity index (χ4n) is 2.89. The highest BCUT2D eigenvalue weighted by Gasteiger charge is 2.10. The minimum atomic E-state index is -0.170. The zero-order chi connectivity index (χ0) is 18.5. The quantitative estimate of drug-likeness (QED) is 0.663. The smallest absolute Gasteiger partial charge is 0.257 e. The standard InChI is InChI=1S/C22H23N3O/c1-4-17-10-7-9-16(3)21(17)24-19-12-18(13-23-14-19)22(26)25-20-11-6-5-8-15(20)2/h5-14,24H,4H2,1-3H3,(H,25,26). The summed E-state index contributed by atoms with van der Waals surface area (Å²) in [4.78, 5) is 16.8. The minimum Gasteiger partial charge on any atom is -0.354 e. The van der Waals surface area contributed by atoms with Crippen LogP contribution in [0.3, 0.4) is 0 Å². The summed E-state index contributed by atoms with van der Waals surface area (Å²) in [5.74, 6) is -0.170. The molecule has 0 spiro atoms. The van der Waals surface area contributed by atoms with Gasteiger partial charge in [0.05, 0.1) is 17.4 Å². The zero-order valence-electron chi connectivity index (χ0n) is 15.3. The average Bonchev–Trinajstić information content (AvgIpc) is 2.65. The maximum absolute atomic E-state index is 12.6. The molecule has 0 aliphatic rings. The molecule has 3 aromatic rings. The predicted molar refractivity (Wildman–Crippen MR) is 107 cm³/mol. The van der Waals surface area contributed by atoms with E-state index >= 15 is 0 Å². The van der Waals surface area contributed by atoms with E-state index in [0.29, 0.717) is 5.56 Å². The number of hydrogen-bond donors (Lipinski definition) is 2. The second-order valence-electron chi connectivity index (χ2n) is 6.32. The topological polar surface area (TPSA) is 54.0 Å². The number of pyridine rings is 1. The van der Waals surface area contributed by atoms with Crippen molar-refractivity contribution in [2.45, 2.75) is 27.2 Å². The number of nitrogens with zero attached hydrogens (tertiary/aromatic N) is 1. The van der Waals surface area contributed by atoms with Crippen LogP contribution < -0.4 is 10.6 Å². The summed E-state index contributed by atoms with van der Waals surface area (Å²) in [7, 11) is 0. The Bertz CT molecular complexity index is 934. The van der Waals surface area contributed by atoms with Crippen molar-refractivity contribution < 1.29 is 4.79 Å². The number of benzene rings is 2. The van der Waals surface area contributed by atoms with Crippen LogP contribution >= 0.6 is 0 Å². The lowest BCUT2D eigenvalue weighted by atomic mass is 10.1. The van der Waals surface area contributed by atoms with Crippen molar-refractivity contribution in [1.29, 1.82) is 0 Å². The first-order valence-corrected chi connectivity index (χ1v) is 8.76. The van der Waals surface area contributed by atoms with E-state index < -0.39 is 0 Å². The fraction of sp³-hybridized carbons (Fsp3) is 0.182. The summed E-state index contributed by atoms with van der Waals surface area (Å²) in [5, 5.41) is 6.36. The molecule has 0 saturated heterocycles. The first kappa shape index (κ1) is 17.7. The van der Waals surface area contributed by atoms with Gasteiger partial charge in [0.15, 0.2) is 0 Å². The van der Waals surface area contributed by atoms with Gasteiger partial charge < -0.3 is 10.6 Å². The number of anilines is 3. The minimum absolute atomic E-state index is 0.170. The number of nitrogens with one attached hydrogen (secondary N) is 2. The van der Waals surface area contributed by atoms with E-state index in [1.54, 1.807) is 12.4 Å². The van der Waals surface area contributed by atoms with Crippen LogP contribution in [-0.2, 0) is 6.42 Å². The molecule has 0 unspecified atom stereocenters. The Morgan fingerprint density at radius 2 is 1.77 bits per heavy atom. The number of carbonyl (C=O) groups excluding carboxylic acids is 1. The van der Waals surface area contributed by atoms with Gasteiger partial charge in [-0.3, -0.25) is 9.78 Å². The predicted octanol–water partition coefficient (Wildman–Crippen LogP) is 5.26. The highest BCUT2D eigenvalue weighted by Crippen LogP contribution is 2.25. The van der Waals surface area contributed by atoms with E-state index in [-0.39, 0.29) is 5.91 Å². The SMILES string of the molecule is CCc1cccc(C)c1Nc1cncc(C(=O)Nc2ccccc2C)c1. The molecule has 2 N–H and O–H groups in total. The van der Waals surface area contributed by atoms with Crippen molar-refractivity contribution in [2.24, 2.45) is 0 Å². The molecule has 4 heteroatoms. The van der Waals surface area contributed by atoms with E-state index in [2.05, 4.69) is 47.7 Å². The highest BCUT2D eigenvalue weighted by molar-refractivity contribution is 6.05. The van der Waals surface area contributed by atoms with Crippen LogP contribution in [0.1, 0.15) is 34.0 Å². The summed E-state index contributed by atoms with van der Waals surface area (Å²) in [6.07, 6.45) is 4.25. The van der Waals surface area contributed by atoms with Gasteiger partial charge in [0, 0.05) is 17.6 Å². The first-order valence-electron chi connectivity index (χ1n) is 8.76. The Labute approximate surface area is 154 Å². The van der Waals surface area contributed by atoms with Gasteiger partial charge in [0.2, 0.25) is 0 Å². The molecule has 0 saturated carbocycles. The Morgan fingerprint density at radius 1 is 1.00 bits per heavy atom. The number of aryl methyl sites for hydroxylation is 3. The molecule has 0 bridgehead atoms. The molecule has 26 heavy (non-hydrogen) atoms. The largest absolute Gasteiger partial charge is 0.354 e. The lowest BCUT2D eigenvalue weighted by Gasteiger charge is -2.14. The van der Waals surface area contributed by atoms with Gasteiger partial charge in [-0.2, -0.15) is 0 Å². The van der Waals surface area contributed by atoms with E-state index in [1.165, 1.54) is 11.1 Å². The molecule has 0 aliphatic carbocycles. The van der Waals surface area contributed by atoms with Crippen molar-refractivity contribution in [2.75, 3.05) is 10.6 Å². The van der Waals surface area contributed by atoms with Crippen molar-refractivity contribution in [3.8, 4) is 0 Å². The van der Waals surface area contributed by atoms with Crippen molar-refractivity contribution in [3.63, 3.8) is 0 Å². The normalized spacial score (nSPS) is 10.4. The number of para-hydroxylation sites is 2. The summed E-state index contributed by atoms with van der Waals surface area (Å²) < 4.78 is 0. The van der Waals surface area contributed by atoms with Crippen molar-refractivity contribution in [3.05, 3.63) is 83.2 Å². The molecule has 0 fully saturated rings. The number of carbonyl (C=O) groups is 1. The Morgan fingerprint density at radius 3 is 2.54 bits per heavy atom. The van der Waals surface area contributed by atoms with Crippen LogP contribution in [0.4, 0.5) is 17.1 Å². The lowest BCUT2D eigenvalue weighted by Crippen LogP contribution is -2.13. The molecule has 3 rings (SSSR count). The van der Waals surface area contributed by atoms with Crippen LogP contribution in [0, 0.1) is 13.8 Å². The van der Waals surface area contributed by atoms with Crippen LogP contribution in [0.2, 0.25) is 0 Å². The molecule has 0 atom stereocenters. The van der Waals surface area contributed by atoms with Gasteiger partial charge in [-0.15, -0.1) is 0 Å². The Balaban J connectivity index is 1.83. The van der Waals surface area contributed by atoms with Gasteiger partial charge in [0.25, 0.3) is 5.91 Å². The van der Waals surface area contributed by atoms with E-state index in [4.69, 9.17) is 0 Å². The van der Waals surface area contributed by atoms with Crippen molar-refractivity contribution >= 4 is 23.0 Å². The molecule has 2 aromatic carbocycles. The summed E-state index contributed by atoms with van der Waals surface area (Å²) in [6.45, 7) is 6.17. The third-order valence-corrected chi connectivity index (χ3v) is 4.40. The van der Waals surface area contributed by atoms with Gasteiger partial charge in [-0.1, -0.05) is 43.3 Å². The van der Waals surface area contributed by atoms with Crippen LogP contribution in [-0.4, -0.2) is 10.9 Å². The molecular formula is C22H23N3O. The molecule has 1 aromatic heterocycles. The molecule has 4 nitrogen and oxygen atoms in total. The highest BCUT2D eigenvalue weighted by atomic mass is 16.1. The summed E-state index contributed by atoms with van der Waals surface area (Å²) >= 11 is 0. The first-order chi connectivity index (χ1) is 12.6. The van der Waals surface area contributed by atoms with Gasteiger partial charge in [0.1, 0.15) is 0 Å². The van der Waals surface area contributed by atoms with E-state index in [9.17, 15) is 4.79 Å². The average molecular weight is 345 g/mol. The van der Waals surface area contributed by atoms with E-state index in [1.807, 2.05) is 37.3 Å². The maximum atomic E-state index is 12.6. The maximum Gasteiger partial charge on any atom is 0.257 e. The second kappa shape index (κ2) is 7.83. The molecule has 0 aliphatic heterocycles. The number of amides is 1.